The fraction of sp³-hybridized carbons (Fsp3) is 0.481. The van der Waals surface area contributed by atoms with Crippen LogP contribution in [-0.2, 0) is 19.2 Å². The van der Waals surface area contributed by atoms with Crippen LogP contribution in [0.5, 0.6) is 17.2 Å². The second-order valence-corrected chi connectivity index (χ2v) is 10.3. The number of Topliss-reactive ketones (excluding diaryl/α,β-unsaturated/α-hetero) is 2. The Kier molecular flexibility index (Phi) is 5.20. The van der Waals surface area contributed by atoms with Crippen molar-refractivity contribution in [2.24, 2.45) is 29.1 Å². The van der Waals surface area contributed by atoms with Crippen LogP contribution in [0.3, 0.4) is 0 Å². The maximum absolute atomic E-state index is 13.9. The highest BCUT2D eigenvalue weighted by Gasteiger charge is 2.63. The number of ether oxygens (including phenoxy) is 2. The van der Waals surface area contributed by atoms with Gasteiger partial charge in [-0.05, 0) is 61.4 Å². The van der Waals surface area contributed by atoms with Gasteiger partial charge in [-0.3, -0.25) is 24.5 Å². The molecule has 4 aliphatic rings. The number of hydrogen-bond acceptors (Lipinski definition) is 7. The van der Waals surface area contributed by atoms with E-state index in [1.54, 1.807) is 26.0 Å². The number of methoxy groups -OCH3 is 2. The number of hydrogen-bond donors (Lipinski definition) is 2. The monoisotopic (exact) mass is 479 g/mol. The van der Waals surface area contributed by atoms with Crippen molar-refractivity contribution in [1.82, 2.24) is 5.32 Å². The zero-order valence-corrected chi connectivity index (χ0v) is 20.4. The minimum atomic E-state index is -1.11. The number of phenolic OH excluding ortho intramolecular Hbond substituents is 1. The van der Waals surface area contributed by atoms with Gasteiger partial charge in [0.1, 0.15) is 0 Å². The Bertz CT molecular complexity index is 1230. The molecule has 8 heteroatoms. The Hall–Kier alpha value is -3.42. The van der Waals surface area contributed by atoms with Crippen LogP contribution in [0.25, 0.3) is 0 Å². The fourth-order valence-corrected chi connectivity index (χ4v) is 6.95. The summed E-state index contributed by atoms with van der Waals surface area (Å²) >= 11 is 0. The highest BCUT2D eigenvalue weighted by Crippen LogP contribution is 2.63. The maximum Gasteiger partial charge on any atom is 0.231 e. The number of aromatic hydroxyl groups is 1. The van der Waals surface area contributed by atoms with E-state index in [1.165, 1.54) is 14.2 Å². The lowest BCUT2D eigenvalue weighted by Gasteiger charge is -2.54. The Morgan fingerprint density at radius 1 is 0.971 bits per heavy atom. The molecule has 1 saturated carbocycles. The van der Waals surface area contributed by atoms with Crippen LogP contribution in [0.1, 0.15) is 45.1 Å². The molecule has 35 heavy (non-hydrogen) atoms. The van der Waals surface area contributed by atoms with Crippen molar-refractivity contribution in [2.75, 3.05) is 14.2 Å². The number of amides is 2. The quantitative estimate of drug-likeness (QED) is 0.505. The highest BCUT2D eigenvalue weighted by molar-refractivity contribution is 6.16. The molecule has 0 unspecified atom stereocenters. The van der Waals surface area contributed by atoms with Gasteiger partial charge in [0.2, 0.25) is 17.6 Å². The van der Waals surface area contributed by atoms with E-state index in [9.17, 15) is 24.3 Å². The molecule has 0 radical (unpaired) electrons. The number of fused-ring (bicyclic) bond motifs is 4. The first-order valence-electron chi connectivity index (χ1n) is 11.8. The Balaban J connectivity index is 1.78. The molecule has 1 aliphatic heterocycles. The number of phenols is 1. The predicted octanol–water partition coefficient (Wildman–Crippen LogP) is 2.84. The molecule has 3 aliphatic carbocycles. The van der Waals surface area contributed by atoms with E-state index in [0.717, 1.165) is 5.57 Å². The van der Waals surface area contributed by atoms with Crippen LogP contribution in [-0.4, -0.2) is 42.7 Å². The smallest absolute Gasteiger partial charge is 0.231 e. The number of rotatable bonds is 3. The van der Waals surface area contributed by atoms with Crippen molar-refractivity contribution in [3.8, 4) is 17.2 Å². The third kappa shape index (κ3) is 2.98. The van der Waals surface area contributed by atoms with Crippen LogP contribution in [0, 0.1) is 29.1 Å². The number of carbonyl (C=O) groups excluding carboxylic acids is 4. The summed E-state index contributed by atoms with van der Waals surface area (Å²) < 4.78 is 10.8. The summed E-state index contributed by atoms with van der Waals surface area (Å²) in [5, 5.41) is 13.0. The van der Waals surface area contributed by atoms with Gasteiger partial charge < -0.3 is 14.6 Å². The standard InChI is InChI=1S/C27H29NO7/c1-11-12(2)24(31)27(3)17(22(11)29)10-16-14(6-7-15-20(16)26(33)28-25(15)32)21(27)13-8-18(34-4)23(30)19(9-13)35-5/h6,8-9,15-17,20-21,30H,7,10H2,1-5H3,(H,28,32,33)/t15-,16+,17-,20-,21-,27+/m0/s1. The molecule has 2 N–H and O–H groups in total. The van der Waals surface area contributed by atoms with Crippen molar-refractivity contribution in [3.63, 3.8) is 0 Å². The van der Waals surface area contributed by atoms with Gasteiger partial charge in [0.05, 0.1) is 31.5 Å². The molecule has 5 rings (SSSR count). The first-order valence-corrected chi connectivity index (χ1v) is 11.8. The van der Waals surface area contributed by atoms with Crippen LogP contribution >= 0.6 is 0 Å². The number of ketones is 2. The van der Waals surface area contributed by atoms with E-state index in [4.69, 9.17) is 9.47 Å². The third-order valence-electron chi connectivity index (χ3n) is 8.85. The van der Waals surface area contributed by atoms with Gasteiger partial charge in [-0.1, -0.05) is 18.6 Å². The Labute approximate surface area is 203 Å². The second kappa shape index (κ2) is 7.80. The van der Waals surface area contributed by atoms with Gasteiger partial charge in [-0.2, -0.15) is 0 Å². The maximum atomic E-state index is 13.9. The van der Waals surface area contributed by atoms with Crippen LogP contribution in [0.4, 0.5) is 0 Å². The van der Waals surface area contributed by atoms with Crippen molar-refractivity contribution in [2.45, 2.75) is 39.5 Å². The van der Waals surface area contributed by atoms with Crippen molar-refractivity contribution in [1.29, 1.82) is 0 Å². The molecule has 8 nitrogen and oxygen atoms in total. The molecule has 1 aromatic carbocycles. The summed E-state index contributed by atoms with van der Waals surface area (Å²) in [7, 11) is 2.86. The summed E-state index contributed by atoms with van der Waals surface area (Å²) in [6.45, 7) is 5.19. The van der Waals surface area contributed by atoms with E-state index >= 15 is 0 Å². The van der Waals surface area contributed by atoms with E-state index in [2.05, 4.69) is 5.32 Å². The van der Waals surface area contributed by atoms with Crippen molar-refractivity contribution in [3.05, 3.63) is 40.5 Å². The summed E-state index contributed by atoms with van der Waals surface area (Å²) in [6, 6.07) is 3.33. The summed E-state index contributed by atoms with van der Waals surface area (Å²) in [5.74, 6) is -3.25. The lowest BCUT2D eigenvalue weighted by molar-refractivity contribution is -0.142. The summed E-state index contributed by atoms with van der Waals surface area (Å²) in [5.41, 5.74) is 1.30. The zero-order valence-electron chi connectivity index (χ0n) is 20.4. The Morgan fingerprint density at radius 2 is 1.60 bits per heavy atom. The van der Waals surface area contributed by atoms with E-state index in [0.29, 0.717) is 29.6 Å². The van der Waals surface area contributed by atoms with Crippen molar-refractivity contribution < 1.29 is 33.8 Å². The predicted molar refractivity (Wildman–Crippen MR) is 125 cm³/mol. The molecule has 1 saturated heterocycles. The number of imide groups is 1. The fourth-order valence-electron chi connectivity index (χ4n) is 6.95. The zero-order chi connectivity index (χ0) is 25.4. The van der Waals surface area contributed by atoms with Gasteiger partial charge in [-0.25, -0.2) is 0 Å². The molecular weight excluding hydrogens is 450 g/mol. The Morgan fingerprint density at radius 3 is 2.20 bits per heavy atom. The molecule has 2 amide bonds. The molecule has 1 aromatic rings. The summed E-state index contributed by atoms with van der Waals surface area (Å²) in [4.78, 5) is 52.9. The molecule has 0 spiro atoms. The lowest BCUT2D eigenvalue weighted by Crippen LogP contribution is -2.55. The van der Waals surface area contributed by atoms with E-state index in [1.807, 2.05) is 13.0 Å². The largest absolute Gasteiger partial charge is 0.502 e. The average Bonchev–Trinajstić information content (AvgIpc) is 3.14. The molecule has 0 aromatic heterocycles. The van der Waals surface area contributed by atoms with Gasteiger partial charge in [0.25, 0.3) is 0 Å². The van der Waals surface area contributed by atoms with Crippen LogP contribution < -0.4 is 14.8 Å². The highest BCUT2D eigenvalue weighted by atomic mass is 16.5. The normalized spacial score (nSPS) is 34.1. The minimum Gasteiger partial charge on any atom is -0.502 e. The molecule has 0 bridgehead atoms. The van der Waals surface area contributed by atoms with Crippen molar-refractivity contribution >= 4 is 23.4 Å². The van der Waals surface area contributed by atoms with E-state index in [-0.39, 0.29) is 46.5 Å². The molecule has 6 atom stereocenters. The van der Waals surface area contributed by atoms with Gasteiger partial charge in [0, 0.05) is 11.8 Å². The molecule has 2 fully saturated rings. The second-order valence-electron chi connectivity index (χ2n) is 10.3. The molecule has 1 heterocycles. The molecular formula is C27H29NO7. The van der Waals surface area contributed by atoms with Gasteiger partial charge in [0.15, 0.2) is 23.1 Å². The average molecular weight is 480 g/mol. The van der Waals surface area contributed by atoms with Gasteiger partial charge in [-0.15, -0.1) is 0 Å². The lowest BCUT2D eigenvalue weighted by atomic mass is 9.46. The van der Waals surface area contributed by atoms with Crippen LogP contribution in [0.15, 0.2) is 34.9 Å². The number of allylic oxidation sites excluding steroid dienone is 4. The van der Waals surface area contributed by atoms with Gasteiger partial charge >= 0.3 is 0 Å². The SMILES string of the molecule is COc1cc([C@H]2C3=CC[C@@H]4C(=O)NC(=O)[C@@H]4[C@@H]3C[C@H]3C(=O)C(C)=C(C)C(=O)[C@@]23C)cc(OC)c1O. The third-order valence-corrected chi connectivity index (χ3v) is 8.85. The topological polar surface area (TPSA) is 119 Å². The number of benzene rings is 1. The first kappa shape index (κ1) is 23.3. The number of nitrogens with one attached hydrogen (secondary N) is 1. The van der Waals surface area contributed by atoms with E-state index < -0.39 is 29.1 Å². The molecule has 184 valence electrons. The first-order chi connectivity index (χ1) is 16.6. The summed E-state index contributed by atoms with van der Waals surface area (Å²) in [6.07, 6.45) is 2.68. The number of carbonyl (C=O) groups is 4. The van der Waals surface area contributed by atoms with Crippen LogP contribution in [0.2, 0.25) is 0 Å². The minimum absolute atomic E-state index is 0.0989.